The van der Waals surface area contributed by atoms with E-state index in [2.05, 4.69) is 30.1 Å². The van der Waals surface area contributed by atoms with Crippen molar-refractivity contribution in [3.05, 3.63) is 12.2 Å². The summed E-state index contributed by atoms with van der Waals surface area (Å²) in [6.45, 7) is 5.05. The van der Waals surface area contributed by atoms with Crippen LogP contribution < -0.4 is 0 Å². The van der Waals surface area contributed by atoms with Gasteiger partial charge in [0.2, 0.25) is 4.29 Å². The van der Waals surface area contributed by atoms with Crippen LogP contribution in [0.3, 0.4) is 0 Å². The lowest BCUT2D eigenvalue weighted by molar-refractivity contribution is 0.180. The zero-order valence-electron chi connectivity index (χ0n) is 10.4. The van der Waals surface area contributed by atoms with Gasteiger partial charge in [-0.25, -0.2) is 9.13 Å². The molecule has 0 spiro atoms. The third-order valence-corrected chi connectivity index (χ3v) is 3.08. The first-order valence-electron chi connectivity index (χ1n) is 4.68. The maximum atomic E-state index is 11.5. The number of rotatable bonds is 9. The fraction of sp³-hybridized carbons (Fsp3) is 0.600. The normalized spacial score (nSPS) is 19.1. The molecule has 7 nitrogen and oxygen atoms in total. The molecule has 1 atom stereocenters. The summed E-state index contributed by atoms with van der Waals surface area (Å²) in [5, 5.41) is 0. The van der Waals surface area contributed by atoms with Gasteiger partial charge in [0.25, 0.3) is 0 Å². The van der Waals surface area contributed by atoms with Gasteiger partial charge in [-0.05, 0) is 13.3 Å². The molecule has 0 saturated heterocycles. The van der Waals surface area contributed by atoms with Gasteiger partial charge in [-0.2, -0.15) is 4.31 Å². The summed E-state index contributed by atoms with van der Waals surface area (Å²) < 4.78 is 50.4. The summed E-state index contributed by atoms with van der Waals surface area (Å²) in [6, 6.07) is 0. The van der Waals surface area contributed by atoms with E-state index in [-0.39, 0.29) is 6.61 Å². The summed E-state index contributed by atoms with van der Waals surface area (Å²) in [4.78, 5) is 10.6. The van der Waals surface area contributed by atoms with Crippen molar-refractivity contribution in [1.82, 2.24) is 0 Å². The molecule has 3 N–H and O–H groups in total. The largest absolute Gasteiger partial charge is 0.481 e. The molecule has 9 heteroatoms. The number of hydrogen-bond acceptors (Lipinski definition) is 7. The average molecular weight is 249 g/mol. The van der Waals surface area contributed by atoms with Crippen molar-refractivity contribution in [3.8, 4) is 0 Å². The molecule has 0 aliphatic heterocycles. The molecule has 0 aliphatic rings. The molecule has 0 saturated carbocycles. The second-order valence-corrected chi connectivity index (χ2v) is 5.22. The fourth-order valence-corrected chi connectivity index (χ4v) is 1.96. The van der Waals surface area contributed by atoms with Crippen molar-refractivity contribution >= 4 is 15.6 Å². The maximum Gasteiger partial charge on any atom is 0.481 e. The van der Waals surface area contributed by atoms with Gasteiger partial charge in [0.1, 0.15) is 0 Å². The lowest BCUT2D eigenvalue weighted by Crippen LogP contribution is -1.96. The Morgan fingerprint density at radius 2 is 2.14 bits per heavy atom. The summed E-state index contributed by atoms with van der Waals surface area (Å²) in [7, 11) is -9.24. The van der Waals surface area contributed by atoms with Gasteiger partial charge in [-0.1, -0.05) is 5.57 Å². The van der Waals surface area contributed by atoms with Crippen LogP contribution in [0, 0.1) is 0 Å². The lowest BCUT2D eigenvalue weighted by Gasteiger charge is -2.11. The molecule has 0 heterocycles. The van der Waals surface area contributed by atoms with E-state index < -0.39 is 15.6 Å². The number of phosphoric acid groups is 2. The standard InChI is InChI=1S/C5H12O7P2/c1-5(2)3-4-11-14(9,10)12-13(6,7)8/h1,3-4H2,2H3,(H,9,10)(H2,6,7,8)/i/hD3. The predicted molar refractivity (Wildman–Crippen MR) is 48.3 cm³/mol. The second-order valence-electron chi connectivity index (χ2n) is 2.52. The Bertz CT molecular complexity index is 340. The van der Waals surface area contributed by atoms with Gasteiger partial charge in [0, 0.05) is 0 Å². The summed E-state index contributed by atoms with van der Waals surface area (Å²) in [5.74, 6) is 0. The van der Waals surface area contributed by atoms with Gasteiger partial charge in [-0.15, -0.1) is 6.58 Å². The van der Waals surface area contributed by atoms with E-state index in [0.29, 0.717) is 12.0 Å². The minimum absolute atomic E-state index is 0.179. The number of phosphoric ester groups is 1. The van der Waals surface area contributed by atoms with Crippen LogP contribution in [0.5, 0.6) is 0 Å². The monoisotopic (exact) mass is 249 g/mol. The van der Waals surface area contributed by atoms with Gasteiger partial charge in [-0.3, -0.25) is 4.52 Å². The topological polar surface area (TPSA) is 113 Å². The Hall–Kier alpha value is 0.0000000000000000555. The van der Waals surface area contributed by atoms with Gasteiger partial charge in [0.05, 0.1) is 6.61 Å². The molecule has 1 unspecified atom stereocenters. The van der Waals surface area contributed by atoms with Crippen LogP contribution in [0.2, 0.25) is 0 Å². The summed E-state index contributed by atoms with van der Waals surface area (Å²) in [5.41, 5.74) is 0.707. The lowest BCUT2D eigenvalue weighted by atomic mass is 10.3. The SMILES string of the molecule is [2H]OP(=O)(O[2H])OP(=O)(O[2H])OCCC(=C)C. The Labute approximate surface area is 85.7 Å². The first-order valence-corrected chi connectivity index (χ1v) is 6.38. The Morgan fingerprint density at radius 3 is 2.57 bits per heavy atom. The van der Waals surface area contributed by atoms with Gasteiger partial charge >= 0.3 is 15.6 Å². The quantitative estimate of drug-likeness (QED) is 0.415. The van der Waals surface area contributed by atoms with Gasteiger partial charge in [0.15, 0.2) is 0 Å². The smallest absolute Gasteiger partial charge is 0.302 e. The molecule has 0 aliphatic carbocycles. The van der Waals surface area contributed by atoms with Crippen molar-refractivity contribution in [2.75, 3.05) is 6.61 Å². The second kappa shape index (κ2) is 5.19. The third kappa shape index (κ3) is 8.59. The zero-order chi connectivity index (χ0) is 13.5. The van der Waals surface area contributed by atoms with E-state index >= 15 is 0 Å². The highest BCUT2D eigenvalue weighted by Crippen LogP contribution is 2.57. The highest BCUT2D eigenvalue weighted by Gasteiger charge is 2.31. The van der Waals surface area contributed by atoms with Crippen molar-refractivity contribution in [2.24, 2.45) is 0 Å². The predicted octanol–water partition coefficient (Wildman–Crippen LogP) is 1.18. The molecule has 0 radical (unpaired) electrons. The van der Waals surface area contributed by atoms with Crippen LogP contribution in [0.1, 0.15) is 13.3 Å². The molecular formula is C5H12O7P2. The Kier molecular flexibility index (Phi) is 3.42. The molecule has 0 aromatic rings. The van der Waals surface area contributed by atoms with E-state index in [1.807, 2.05) is 0 Å². The Morgan fingerprint density at radius 1 is 1.50 bits per heavy atom. The van der Waals surface area contributed by atoms with E-state index in [0.717, 1.165) is 0 Å². The minimum Gasteiger partial charge on any atom is -0.302 e. The van der Waals surface area contributed by atoms with Crippen LogP contribution in [-0.4, -0.2) is 25.6 Å². The highest BCUT2D eigenvalue weighted by molar-refractivity contribution is 7.60. The summed E-state index contributed by atoms with van der Waals surface area (Å²) >= 11 is 0. The molecule has 0 rings (SSSR count). The van der Waals surface area contributed by atoms with Crippen LogP contribution in [0.15, 0.2) is 12.2 Å². The summed E-state index contributed by atoms with van der Waals surface area (Å²) in [6.07, 6.45) is 0.296. The van der Waals surface area contributed by atoms with Crippen molar-refractivity contribution in [3.63, 3.8) is 0 Å². The van der Waals surface area contributed by atoms with Crippen LogP contribution >= 0.6 is 15.6 Å². The van der Waals surface area contributed by atoms with Crippen molar-refractivity contribution < 1.29 is 32.7 Å². The molecule has 0 fully saturated rings. The molecule has 0 amide bonds. The average Bonchev–Trinajstić information content (AvgIpc) is 2.28. The van der Waals surface area contributed by atoms with E-state index in [1.54, 1.807) is 6.92 Å². The highest BCUT2D eigenvalue weighted by atomic mass is 31.3. The van der Waals surface area contributed by atoms with Crippen molar-refractivity contribution in [1.29, 1.82) is 4.29 Å². The fourth-order valence-electron chi connectivity index (χ4n) is 0.478. The van der Waals surface area contributed by atoms with E-state index in [1.165, 1.54) is 0 Å². The first-order chi connectivity index (χ1) is 7.81. The Balaban J connectivity index is 4.52. The van der Waals surface area contributed by atoms with E-state index in [9.17, 15) is 9.13 Å². The van der Waals surface area contributed by atoms with Crippen molar-refractivity contribution in [2.45, 2.75) is 13.3 Å². The molecule has 14 heavy (non-hydrogen) atoms. The van der Waals surface area contributed by atoms with Crippen LogP contribution in [0.25, 0.3) is 0 Å². The van der Waals surface area contributed by atoms with Crippen LogP contribution in [0.4, 0.5) is 0 Å². The minimum atomic E-state index is -4.71. The third-order valence-electron chi connectivity index (χ3n) is 0.978. The number of hydrogen-bond donors (Lipinski definition) is 3. The van der Waals surface area contributed by atoms with Gasteiger partial charge < -0.3 is 14.7 Å². The van der Waals surface area contributed by atoms with E-state index in [4.69, 9.17) is 4.29 Å². The molecule has 0 bridgehead atoms. The maximum absolute atomic E-state index is 11.5. The molecular weight excluding hydrogens is 234 g/mol. The molecule has 0 aromatic carbocycles. The molecule has 0 aromatic heterocycles. The molecule has 84 valence electrons. The zero-order valence-corrected chi connectivity index (χ0v) is 9.16. The first kappa shape index (κ1) is 9.24. The van der Waals surface area contributed by atoms with Crippen LogP contribution in [-0.2, 0) is 18.0 Å².